The van der Waals surface area contributed by atoms with E-state index in [2.05, 4.69) is 25.3 Å². The van der Waals surface area contributed by atoms with Crippen molar-refractivity contribution in [2.45, 2.75) is 38.4 Å². The number of piperidine rings is 1. The zero-order chi connectivity index (χ0) is 16.1. The fourth-order valence-corrected chi connectivity index (χ4v) is 2.84. The molecule has 1 fully saturated rings. The van der Waals surface area contributed by atoms with Crippen molar-refractivity contribution in [1.82, 2.24) is 30.0 Å². The molecule has 3 rings (SSSR count). The van der Waals surface area contributed by atoms with E-state index in [0.29, 0.717) is 0 Å². The van der Waals surface area contributed by atoms with Gasteiger partial charge in [-0.25, -0.2) is 9.67 Å². The van der Waals surface area contributed by atoms with Gasteiger partial charge in [0.15, 0.2) is 0 Å². The molecule has 0 spiro atoms. The third-order valence-electron chi connectivity index (χ3n) is 4.30. The van der Waals surface area contributed by atoms with Gasteiger partial charge in [0.2, 0.25) is 5.91 Å². The lowest BCUT2D eigenvalue weighted by atomic mass is 10.0. The summed E-state index contributed by atoms with van der Waals surface area (Å²) >= 11 is 0. The van der Waals surface area contributed by atoms with Gasteiger partial charge in [0.05, 0.1) is 0 Å². The minimum absolute atomic E-state index is 0.00286. The van der Waals surface area contributed by atoms with Crippen LogP contribution in [0.25, 0.3) is 0 Å². The molecule has 1 N–H and O–H groups in total. The molecule has 0 radical (unpaired) electrons. The molecule has 1 saturated heterocycles. The van der Waals surface area contributed by atoms with E-state index >= 15 is 0 Å². The average Bonchev–Trinajstić information content (AvgIpc) is 3.11. The van der Waals surface area contributed by atoms with Gasteiger partial charge in [-0.2, -0.15) is 5.10 Å². The molecule has 122 valence electrons. The molecule has 0 bridgehead atoms. The maximum atomic E-state index is 12.3. The van der Waals surface area contributed by atoms with E-state index in [1.54, 1.807) is 11.0 Å². The Bertz CT molecular complexity index is 607. The maximum absolute atomic E-state index is 12.3. The summed E-state index contributed by atoms with van der Waals surface area (Å²) in [7, 11) is 0. The van der Waals surface area contributed by atoms with Crippen molar-refractivity contribution < 1.29 is 4.79 Å². The van der Waals surface area contributed by atoms with Crippen LogP contribution in [0.3, 0.4) is 0 Å². The smallest absolute Gasteiger partial charge is 0.244 e. The highest BCUT2D eigenvalue weighted by atomic mass is 16.2. The van der Waals surface area contributed by atoms with Crippen LogP contribution in [0.2, 0.25) is 0 Å². The van der Waals surface area contributed by atoms with Crippen LogP contribution in [-0.2, 0) is 11.3 Å². The maximum Gasteiger partial charge on any atom is 0.244 e. The molecule has 0 aromatic carbocycles. The van der Waals surface area contributed by atoms with Crippen molar-refractivity contribution in [3.63, 3.8) is 0 Å². The van der Waals surface area contributed by atoms with Crippen LogP contribution in [0.5, 0.6) is 0 Å². The molecule has 1 amide bonds. The van der Waals surface area contributed by atoms with Crippen molar-refractivity contribution >= 4 is 5.91 Å². The lowest BCUT2D eigenvalue weighted by Crippen LogP contribution is -2.46. The van der Waals surface area contributed by atoms with E-state index in [9.17, 15) is 4.79 Å². The third kappa shape index (κ3) is 4.13. The van der Waals surface area contributed by atoms with Crippen molar-refractivity contribution in [2.75, 3.05) is 13.1 Å². The number of amides is 1. The van der Waals surface area contributed by atoms with Crippen molar-refractivity contribution in [3.8, 4) is 0 Å². The first-order chi connectivity index (χ1) is 11.2. The summed E-state index contributed by atoms with van der Waals surface area (Å²) in [6.45, 7) is 4.76. The monoisotopic (exact) mass is 314 g/mol. The van der Waals surface area contributed by atoms with Gasteiger partial charge in [0, 0.05) is 38.1 Å². The second kappa shape index (κ2) is 7.32. The standard InChI is InChI=1S/C16H22N6O/c1-13(22-12-18-11-19-22)16(23)20-15-4-8-21(9-5-15)10-14-2-6-17-7-3-14/h2-3,6-7,11-13,15H,4-5,8-10H2,1H3,(H,20,23)/t13-/m1/s1. The number of hydrogen-bond donors (Lipinski definition) is 1. The molecule has 1 aliphatic rings. The molecule has 0 aliphatic carbocycles. The summed E-state index contributed by atoms with van der Waals surface area (Å²) in [6, 6.07) is 4.01. The Kier molecular flexibility index (Phi) is 4.97. The number of aromatic nitrogens is 4. The number of likely N-dealkylation sites (tertiary alicyclic amines) is 1. The molecule has 23 heavy (non-hydrogen) atoms. The van der Waals surface area contributed by atoms with Crippen LogP contribution < -0.4 is 5.32 Å². The van der Waals surface area contributed by atoms with Gasteiger partial charge >= 0.3 is 0 Å². The van der Waals surface area contributed by atoms with Crippen LogP contribution in [0.1, 0.15) is 31.4 Å². The van der Waals surface area contributed by atoms with E-state index in [4.69, 9.17) is 0 Å². The fraction of sp³-hybridized carbons (Fsp3) is 0.500. The molecule has 2 aromatic rings. The zero-order valence-corrected chi connectivity index (χ0v) is 13.3. The highest BCUT2D eigenvalue weighted by Gasteiger charge is 2.23. The molecule has 7 heteroatoms. The van der Waals surface area contributed by atoms with Gasteiger partial charge in [0.1, 0.15) is 18.7 Å². The number of carbonyl (C=O) groups is 1. The summed E-state index contributed by atoms with van der Waals surface area (Å²) in [5.41, 5.74) is 1.28. The second-order valence-corrected chi connectivity index (χ2v) is 5.97. The summed E-state index contributed by atoms with van der Waals surface area (Å²) in [4.78, 5) is 22.6. The predicted octanol–water partition coefficient (Wildman–Crippen LogP) is 1.01. The van der Waals surface area contributed by atoms with Gasteiger partial charge in [-0.3, -0.25) is 14.7 Å². The fourth-order valence-electron chi connectivity index (χ4n) is 2.84. The molecular formula is C16H22N6O. The lowest BCUT2D eigenvalue weighted by Gasteiger charge is -2.32. The van der Waals surface area contributed by atoms with Gasteiger partial charge in [-0.1, -0.05) is 0 Å². The van der Waals surface area contributed by atoms with Gasteiger partial charge < -0.3 is 5.32 Å². The number of hydrogen-bond acceptors (Lipinski definition) is 5. The van der Waals surface area contributed by atoms with Crippen molar-refractivity contribution in [3.05, 3.63) is 42.7 Å². The second-order valence-electron chi connectivity index (χ2n) is 5.97. The predicted molar refractivity (Wildman–Crippen MR) is 85.4 cm³/mol. The third-order valence-corrected chi connectivity index (χ3v) is 4.30. The first-order valence-corrected chi connectivity index (χ1v) is 7.98. The molecule has 1 aliphatic heterocycles. The minimum Gasteiger partial charge on any atom is -0.351 e. The van der Waals surface area contributed by atoms with Gasteiger partial charge in [-0.05, 0) is 37.5 Å². The summed E-state index contributed by atoms with van der Waals surface area (Å²) in [6.07, 6.45) is 8.62. The molecule has 2 aromatic heterocycles. The Morgan fingerprint density at radius 1 is 1.30 bits per heavy atom. The van der Waals surface area contributed by atoms with Crippen LogP contribution in [0.4, 0.5) is 0 Å². The van der Waals surface area contributed by atoms with Crippen molar-refractivity contribution in [1.29, 1.82) is 0 Å². The Balaban J connectivity index is 1.45. The number of nitrogens with one attached hydrogen (secondary N) is 1. The topological polar surface area (TPSA) is 75.9 Å². The molecule has 0 saturated carbocycles. The number of carbonyl (C=O) groups excluding carboxylic acids is 1. The Morgan fingerprint density at radius 3 is 2.70 bits per heavy atom. The lowest BCUT2D eigenvalue weighted by molar-refractivity contribution is -0.125. The van der Waals surface area contributed by atoms with E-state index in [1.807, 2.05) is 31.5 Å². The van der Waals surface area contributed by atoms with E-state index in [-0.39, 0.29) is 18.0 Å². The summed E-state index contributed by atoms with van der Waals surface area (Å²) in [5.74, 6) is 0.00286. The van der Waals surface area contributed by atoms with Crippen LogP contribution in [0, 0.1) is 0 Å². The number of nitrogens with zero attached hydrogens (tertiary/aromatic N) is 5. The molecule has 1 atom stereocenters. The zero-order valence-electron chi connectivity index (χ0n) is 13.3. The first-order valence-electron chi connectivity index (χ1n) is 7.98. The molecule has 7 nitrogen and oxygen atoms in total. The van der Waals surface area contributed by atoms with E-state index in [0.717, 1.165) is 32.5 Å². The largest absolute Gasteiger partial charge is 0.351 e. The average molecular weight is 314 g/mol. The number of rotatable bonds is 5. The minimum atomic E-state index is -0.327. The molecular weight excluding hydrogens is 292 g/mol. The molecule has 3 heterocycles. The highest BCUT2D eigenvalue weighted by Crippen LogP contribution is 2.14. The van der Waals surface area contributed by atoms with E-state index in [1.165, 1.54) is 11.9 Å². The molecule has 0 unspecified atom stereocenters. The SMILES string of the molecule is C[C@H](C(=O)NC1CCN(Cc2ccncc2)CC1)n1cncn1. The van der Waals surface area contributed by atoms with Crippen LogP contribution >= 0.6 is 0 Å². The van der Waals surface area contributed by atoms with Crippen molar-refractivity contribution in [2.24, 2.45) is 0 Å². The Morgan fingerprint density at radius 2 is 2.04 bits per heavy atom. The Hall–Kier alpha value is -2.28. The highest BCUT2D eigenvalue weighted by molar-refractivity contribution is 5.80. The normalized spacial score (nSPS) is 17.8. The van der Waals surface area contributed by atoms with E-state index < -0.39 is 0 Å². The summed E-state index contributed by atoms with van der Waals surface area (Å²) < 4.78 is 1.58. The first kappa shape index (κ1) is 15.6. The summed E-state index contributed by atoms with van der Waals surface area (Å²) in [5, 5.41) is 7.15. The van der Waals surface area contributed by atoms with Gasteiger partial charge in [-0.15, -0.1) is 0 Å². The Labute approximate surface area is 135 Å². The van der Waals surface area contributed by atoms with Crippen LogP contribution in [-0.4, -0.2) is 49.7 Å². The van der Waals surface area contributed by atoms with Crippen LogP contribution in [0.15, 0.2) is 37.2 Å². The number of pyridine rings is 1. The quantitative estimate of drug-likeness (QED) is 0.891. The van der Waals surface area contributed by atoms with Gasteiger partial charge in [0.25, 0.3) is 0 Å².